The Kier molecular flexibility index (Phi) is 23.9. The summed E-state index contributed by atoms with van der Waals surface area (Å²) in [6, 6.07) is 9.10. The molecule has 5 rings (SSSR count). The van der Waals surface area contributed by atoms with Crippen LogP contribution in [0.1, 0.15) is 75.5 Å². The van der Waals surface area contributed by atoms with Gasteiger partial charge in [0.25, 0.3) is 50.6 Å². The van der Waals surface area contributed by atoms with E-state index in [2.05, 4.69) is 6.58 Å². The molecule has 456 valence electrons. The van der Waals surface area contributed by atoms with Gasteiger partial charge >= 0.3 is 5.97 Å². The van der Waals surface area contributed by atoms with Gasteiger partial charge in [-0.05, 0) is 115 Å². The molecule has 0 radical (unpaired) electrons. The molecule has 0 amide bonds. The van der Waals surface area contributed by atoms with Gasteiger partial charge in [0.15, 0.2) is 0 Å². The number of allylic oxidation sites excluding steroid dienone is 5. The van der Waals surface area contributed by atoms with Crippen molar-refractivity contribution in [1.29, 1.82) is 0 Å². The second-order valence-corrected chi connectivity index (χ2v) is 27.0. The van der Waals surface area contributed by atoms with Crippen molar-refractivity contribution in [3.63, 3.8) is 0 Å². The topological polar surface area (TPSA) is 368 Å². The van der Waals surface area contributed by atoms with E-state index in [4.69, 9.17) is 28.4 Å². The second kappa shape index (κ2) is 28.9. The quantitative estimate of drug-likeness (QED) is 0.0156. The maximum atomic E-state index is 13.0. The number of fused-ring (bicyclic) bond motifs is 4. The van der Waals surface area contributed by atoms with E-state index >= 15 is 0 Å². The molecule has 4 aromatic rings. The molecule has 0 saturated carbocycles. The molecule has 24 nitrogen and oxygen atoms in total. The van der Waals surface area contributed by atoms with E-state index in [0.29, 0.717) is 93.5 Å². The first-order chi connectivity index (χ1) is 38.3. The lowest BCUT2D eigenvalue weighted by atomic mass is 9.70. The molecule has 2 unspecified atom stereocenters. The summed E-state index contributed by atoms with van der Waals surface area (Å²) in [4.78, 5) is 9.95. The third-order valence-electron chi connectivity index (χ3n) is 14.0. The summed E-state index contributed by atoms with van der Waals surface area (Å²) in [7, 11) is -23.5. The van der Waals surface area contributed by atoms with Crippen LogP contribution in [0.2, 0.25) is 0 Å². The fourth-order valence-corrected chi connectivity index (χ4v) is 13.2. The minimum atomic E-state index is -5.15. The number of hydrogen-bond donors (Lipinski definition) is 6. The van der Waals surface area contributed by atoms with Gasteiger partial charge in [0.05, 0.1) is 81.6 Å². The molecule has 6 N–H and O–H groups in total. The number of methoxy groups -OCH3 is 1. The van der Waals surface area contributed by atoms with Gasteiger partial charge in [0, 0.05) is 59.7 Å². The number of benzene rings is 4. The highest BCUT2D eigenvalue weighted by atomic mass is 32.2. The van der Waals surface area contributed by atoms with Crippen molar-refractivity contribution in [2.24, 2.45) is 0 Å². The van der Waals surface area contributed by atoms with Gasteiger partial charge in [-0.25, -0.2) is 0 Å². The van der Waals surface area contributed by atoms with Crippen molar-refractivity contribution >= 4 is 83.8 Å². The molecule has 0 saturated heterocycles. The lowest BCUT2D eigenvalue weighted by Gasteiger charge is -2.34. The average molecular weight is 1250 g/mol. The standard InChI is InChI=1S/C53H71NO23S5/c1-37-14-15-41-43(33-39(79(60,61)62)35-46(41)81(66,67)68)50(37)52(3,18-10-32-78(57,58)59)38(2)11-9-12-48-53(4,19-21-73-24-25-75-28-29-77-31-30-76-27-26-74-23-22-72-5)51-44-34-40(80(63,64)65)36-47(82(69,70)71)42(44)16-17-45(51)54(48)20-8-6-7-13-49(55)56/h9,11-12,14-17,33-36H,2,6-8,10,13,18-32H2,1,3-5H3,(H,55,56)(H,57,58,59)(H,60,61,62)(H,63,64,65)(H,66,67,68)(H,69,70,71)/b11-9+,48-12+. The molecule has 0 aliphatic carbocycles. The first-order valence-corrected chi connectivity index (χ1v) is 33.1. The van der Waals surface area contributed by atoms with E-state index in [1.165, 1.54) is 18.2 Å². The summed E-state index contributed by atoms with van der Waals surface area (Å²) in [5.74, 6) is -1.74. The Balaban J connectivity index is 1.61. The number of aliphatic carboxylic acids is 1. The van der Waals surface area contributed by atoms with E-state index in [0.717, 1.165) is 12.1 Å². The van der Waals surface area contributed by atoms with Crippen molar-refractivity contribution in [1.82, 2.24) is 0 Å². The van der Waals surface area contributed by atoms with Gasteiger partial charge in [-0.1, -0.05) is 50.3 Å². The lowest BCUT2D eigenvalue weighted by molar-refractivity contribution is -0.137. The van der Waals surface area contributed by atoms with E-state index in [9.17, 15) is 74.8 Å². The molecular weight excluding hydrogens is 1180 g/mol. The van der Waals surface area contributed by atoms with Crippen molar-refractivity contribution < 1.29 is 103 Å². The van der Waals surface area contributed by atoms with Crippen LogP contribution < -0.4 is 4.90 Å². The number of anilines is 1. The Hall–Kier alpha value is -4.80. The number of nitrogens with zero attached hydrogens (tertiary/aromatic N) is 1. The zero-order chi connectivity index (χ0) is 60.9. The first kappa shape index (κ1) is 68.0. The summed E-state index contributed by atoms with van der Waals surface area (Å²) < 4.78 is 211. The highest BCUT2D eigenvalue weighted by Gasteiger charge is 2.45. The van der Waals surface area contributed by atoms with Crippen LogP contribution in [-0.2, 0) is 94.6 Å². The fraction of sp³-hybridized carbons (Fsp3) is 0.491. The zero-order valence-corrected chi connectivity index (χ0v) is 49.9. The van der Waals surface area contributed by atoms with Crippen molar-refractivity contribution in [3.8, 4) is 0 Å². The smallest absolute Gasteiger partial charge is 0.303 e. The summed E-state index contributed by atoms with van der Waals surface area (Å²) in [5.41, 5.74) is -0.614. The minimum Gasteiger partial charge on any atom is -0.481 e. The molecule has 0 aromatic heterocycles. The summed E-state index contributed by atoms with van der Waals surface area (Å²) >= 11 is 0. The Morgan fingerprint density at radius 2 is 1.12 bits per heavy atom. The van der Waals surface area contributed by atoms with Crippen LogP contribution in [0.15, 0.2) is 104 Å². The molecule has 1 aliphatic heterocycles. The van der Waals surface area contributed by atoms with Crippen LogP contribution in [0, 0.1) is 6.92 Å². The summed E-state index contributed by atoms with van der Waals surface area (Å²) in [6.07, 6.45) is 5.55. The third-order valence-corrected chi connectivity index (χ3v) is 18.3. The number of carboxylic acids is 1. The van der Waals surface area contributed by atoms with E-state index < -0.39 is 92.7 Å². The Labute approximate surface area is 478 Å². The molecule has 82 heavy (non-hydrogen) atoms. The van der Waals surface area contributed by atoms with E-state index in [1.807, 2.05) is 4.90 Å². The SMILES string of the molecule is C=C(/C=C/C=C1/N(CCCCCC(=O)O)c2ccc3c(S(=O)(=O)O)cc(S(=O)(=O)O)cc3c2C1(C)CCOCCOCCOCCOCCOCCOC)C(C)(CCCS(=O)(=O)O)c1c(C)ccc2c(S(=O)(=O)O)cc(S(=O)(=O)O)cc12. The maximum absolute atomic E-state index is 13.0. The third kappa shape index (κ3) is 18.1. The first-order valence-electron chi connectivity index (χ1n) is 25.7. The maximum Gasteiger partial charge on any atom is 0.303 e. The zero-order valence-electron chi connectivity index (χ0n) is 45.8. The predicted octanol–water partition coefficient (Wildman–Crippen LogP) is 6.75. The molecule has 2 atom stereocenters. The van der Waals surface area contributed by atoms with Crippen molar-refractivity contribution in [3.05, 3.63) is 101 Å². The molecule has 1 aliphatic rings. The monoisotopic (exact) mass is 1250 g/mol. The lowest BCUT2D eigenvalue weighted by Crippen LogP contribution is -2.31. The normalized spacial score (nSPS) is 16.6. The minimum absolute atomic E-state index is 0.00532. The fourth-order valence-electron chi connectivity index (χ4n) is 10.1. The predicted molar refractivity (Wildman–Crippen MR) is 303 cm³/mol. The van der Waals surface area contributed by atoms with Gasteiger partial charge in [-0.2, -0.15) is 42.1 Å². The van der Waals surface area contributed by atoms with Crippen molar-refractivity contribution in [2.45, 2.75) is 96.1 Å². The van der Waals surface area contributed by atoms with E-state index in [-0.39, 0.29) is 97.9 Å². The average Bonchev–Trinajstić information content (AvgIpc) is 3.85. The van der Waals surface area contributed by atoms with Gasteiger partial charge in [0.1, 0.15) is 9.79 Å². The summed E-state index contributed by atoms with van der Waals surface area (Å²) in [5, 5.41) is 9.07. The van der Waals surface area contributed by atoms with Crippen LogP contribution in [0.5, 0.6) is 0 Å². The van der Waals surface area contributed by atoms with Gasteiger partial charge in [-0.3, -0.25) is 27.6 Å². The Morgan fingerprint density at radius 3 is 1.61 bits per heavy atom. The van der Waals surface area contributed by atoms with Gasteiger partial charge in [0.2, 0.25) is 0 Å². The second-order valence-electron chi connectivity index (χ2n) is 19.8. The van der Waals surface area contributed by atoms with Crippen LogP contribution in [0.4, 0.5) is 5.69 Å². The van der Waals surface area contributed by atoms with Crippen molar-refractivity contribution in [2.75, 3.05) is 97.0 Å². The number of hydrogen-bond acceptors (Lipinski definition) is 18. The number of carboxylic acid groups (broad SMARTS) is 1. The number of ether oxygens (including phenoxy) is 6. The molecule has 4 aromatic carbocycles. The van der Waals surface area contributed by atoms with Crippen LogP contribution in [0.3, 0.4) is 0 Å². The highest BCUT2D eigenvalue weighted by Crippen LogP contribution is 2.54. The highest BCUT2D eigenvalue weighted by molar-refractivity contribution is 7.87. The molecule has 29 heteroatoms. The van der Waals surface area contributed by atoms with E-state index in [1.54, 1.807) is 52.2 Å². The number of carbonyl (C=O) groups is 1. The number of rotatable bonds is 36. The van der Waals surface area contributed by atoms with Gasteiger partial charge in [-0.15, -0.1) is 0 Å². The largest absolute Gasteiger partial charge is 0.481 e. The Bertz CT molecular complexity index is 3600. The molecule has 1 heterocycles. The molecular formula is C53H71NO23S5. The molecule has 0 spiro atoms. The van der Waals surface area contributed by atoms with Crippen LogP contribution in [0.25, 0.3) is 21.5 Å². The molecule has 0 bridgehead atoms. The summed E-state index contributed by atoms with van der Waals surface area (Å²) in [6.45, 7) is 12.7. The Morgan fingerprint density at radius 1 is 0.634 bits per heavy atom. The van der Waals surface area contributed by atoms with Crippen LogP contribution in [-0.4, -0.2) is 168 Å². The number of unbranched alkanes of at least 4 members (excludes halogenated alkanes) is 2. The van der Waals surface area contributed by atoms with Gasteiger partial charge < -0.3 is 38.4 Å². The van der Waals surface area contributed by atoms with Crippen LogP contribution >= 0.6 is 0 Å². The molecule has 0 fully saturated rings. The number of aryl methyl sites for hydroxylation is 1.